The summed E-state index contributed by atoms with van der Waals surface area (Å²) in [4.78, 5) is 27.1. The predicted octanol–water partition coefficient (Wildman–Crippen LogP) is 1.47. The second-order valence-corrected chi connectivity index (χ2v) is 6.70. The Balaban J connectivity index is 2.49. The smallest absolute Gasteiger partial charge is 0.317 e. The zero-order valence-electron chi connectivity index (χ0n) is 13.8. The molecule has 0 saturated heterocycles. The van der Waals surface area contributed by atoms with Crippen molar-refractivity contribution in [3.63, 3.8) is 0 Å². The second kappa shape index (κ2) is 7.11. The lowest BCUT2D eigenvalue weighted by atomic mass is 9.75. The van der Waals surface area contributed by atoms with Crippen molar-refractivity contribution in [2.75, 3.05) is 34.2 Å². The zero-order chi connectivity index (χ0) is 16.2. The second-order valence-electron chi connectivity index (χ2n) is 6.70. The Morgan fingerprint density at radius 2 is 1.81 bits per heavy atom. The summed E-state index contributed by atoms with van der Waals surface area (Å²) in [7, 11) is 5.86. The van der Waals surface area contributed by atoms with E-state index in [0.29, 0.717) is 6.54 Å². The van der Waals surface area contributed by atoms with E-state index in [9.17, 15) is 9.59 Å². The molecule has 6 heteroatoms. The molecule has 6 nitrogen and oxygen atoms in total. The van der Waals surface area contributed by atoms with E-state index in [1.165, 1.54) is 6.42 Å². The van der Waals surface area contributed by atoms with E-state index < -0.39 is 11.9 Å². The minimum absolute atomic E-state index is 0.00662. The van der Waals surface area contributed by atoms with Crippen LogP contribution in [-0.2, 0) is 4.79 Å². The third-order valence-electron chi connectivity index (χ3n) is 4.71. The number of carboxylic acids is 1. The third-order valence-corrected chi connectivity index (χ3v) is 4.71. The molecule has 2 amide bonds. The van der Waals surface area contributed by atoms with E-state index in [2.05, 4.69) is 10.2 Å². The first-order valence-electron chi connectivity index (χ1n) is 7.59. The van der Waals surface area contributed by atoms with Gasteiger partial charge in [-0.15, -0.1) is 0 Å². The Bertz CT molecular complexity index is 378. The summed E-state index contributed by atoms with van der Waals surface area (Å²) in [5, 5.41) is 11.9. The van der Waals surface area contributed by atoms with Gasteiger partial charge in [0.2, 0.25) is 0 Å². The molecule has 1 aliphatic carbocycles. The van der Waals surface area contributed by atoms with Crippen LogP contribution in [0, 0.1) is 11.8 Å². The number of amides is 2. The molecular weight excluding hydrogens is 270 g/mol. The molecule has 1 saturated carbocycles. The number of nitrogens with one attached hydrogen (secondary N) is 1. The first-order valence-corrected chi connectivity index (χ1v) is 7.59. The van der Waals surface area contributed by atoms with Crippen LogP contribution in [0.2, 0.25) is 0 Å². The highest BCUT2D eigenvalue weighted by molar-refractivity contribution is 5.76. The monoisotopic (exact) mass is 299 g/mol. The highest BCUT2D eigenvalue weighted by Gasteiger charge is 2.40. The first-order chi connectivity index (χ1) is 9.69. The molecule has 0 aromatic rings. The zero-order valence-corrected chi connectivity index (χ0v) is 13.8. The van der Waals surface area contributed by atoms with Crippen LogP contribution in [0.3, 0.4) is 0 Å². The van der Waals surface area contributed by atoms with Crippen molar-refractivity contribution in [1.82, 2.24) is 15.1 Å². The number of carbonyl (C=O) groups is 2. The molecule has 0 radical (unpaired) electrons. The molecule has 1 unspecified atom stereocenters. The molecule has 0 bridgehead atoms. The molecule has 0 aromatic heterocycles. The van der Waals surface area contributed by atoms with Gasteiger partial charge in [0, 0.05) is 25.7 Å². The Morgan fingerprint density at radius 3 is 2.14 bits per heavy atom. The van der Waals surface area contributed by atoms with Crippen LogP contribution < -0.4 is 5.32 Å². The molecular formula is C15H29N3O3. The standard InChI is InChI=1S/C15H29N3O3/c1-11(2)12(13(19)20)9-16-14(21)18(5)10-15(17(3)4)7-6-8-15/h11-12H,6-10H2,1-5H3,(H,16,21)(H,19,20). The summed E-state index contributed by atoms with van der Waals surface area (Å²) in [6, 6.07) is -0.199. The lowest BCUT2D eigenvalue weighted by Crippen LogP contribution is -2.58. The minimum atomic E-state index is -0.864. The summed E-state index contributed by atoms with van der Waals surface area (Å²) in [6.45, 7) is 4.55. The molecule has 1 fully saturated rings. The van der Waals surface area contributed by atoms with Gasteiger partial charge in [0.05, 0.1) is 5.92 Å². The number of carboxylic acid groups (broad SMARTS) is 1. The van der Waals surface area contributed by atoms with E-state index in [4.69, 9.17) is 5.11 Å². The van der Waals surface area contributed by atoms with E-state index in [1.807, 2.05) is 27.9 Å². The van der Waals surface area contributed by atoms with Crippen molar-refractivity contribution in [2.24, 2.45) is 11.8 Å². The number of hydrogen-bond acceptors (Lipinski definition) is 3. The lowest BCUT2D eigenvalue weighted by molar-refractivity contribution is -0.142. The number of hydrogen-bond donors (Lipinski definition) is 2. The van der Waals surface area contributed by atoms with Gasteiger partial charge in [0.15, 0.2) is 0 Å². The Kier molecular flexibility index (Phi) is 6.01. The van der Waals surface area contributed by atoms with Crippen molar-refractivity contribution < 1.29 is 14.7 Å². The maximum atomic E-state index is 12.1. The molecule has 0 spiro atoms. The van der Waals surface area contributed by atoms with Gasteiger partial charge >= 0.3 is 12.0 Å². The van der Waals surface area contributed by atoms with Gasteiger partial charge in [-0.3, -0.25) is 4.79 Å². The van der Waals surface area contributed by atoms with Crippen LogP contribution in [0.5, 0.6) is 0 Å². The quantitative estimate of drug-likeness (QED) is 0.746. The summed E-state index contributed by atoms with van der Waals surface area (Å²) in [5.41, 5.74) is 0.0797. The fraction of sp³-hybridized carbons (Fsp3) is 0.867. The van der Waals surface area contributed by atoms with E-state index in [-0.39, 0.29) is 24.0 Å². The van der Waals surface area contributed by atoms with Crippen molar-refractivity contribution in [3.05, 3.63) is 0 Å². The van der Waals surface area contributed by atoms with Crippen molar-refractivity contribution in [3.8, 4) is 0 Å². The number of rotatable bonds is 7. The molecule has 1 aliphatic rings. The van der Waals surface area contributed by atoms with Crippen LogP contribution in [-0.4, -0.2) is 66.7 Å². The van der Waals surface area contributed by atoms with Gasteiger partial charge in [-0.2, -0.15) is 0 Å². The SMILES string of the molecule is CC(C)C(CNC(=O)N(C)CC1(N(C)C)CCC1)C(=O)O. The summed E-state index contributed by atoms with van der Waals surface area (Å²) in [6.07, 6.45) is 3.39. The Hall–Kier alpha value is -1.30. The largest absolute Gasteiger partial charge is 0.481 e. The number of urea groups is 1. The Labute approximate surface area is 127 Å². The van der Waals surface area contributed by atoms with Crippen LogP contribution in [0.1, 0.15) is 33.1 Å². The fourth-order valence-corrected chi connectivity index (χ4v) is 2.79. The Morgan fingerprint density at radius 1 is 1.24 bits per heavy atom. The van der Waals surface area contributed by atoms with Gasteiger partial charge < -0.3 is 20.2 Å². The number of aliphatic carboxylic acids is 1. The minimum Gasteiger partial charge on any atom is -0.481 e. The van der Waals surface area contributed by atoms with Gasteiger partial charge in [-0.1, -0.05) is 13.8 Å². The molecule has 0 heterocycles. The average Bonchev–Trinajstić information content (AvgIpc) is 2.31. The lowest BCUT2D eigenvalue weighted by Gasteiger charge is -2.49. The van der Waals surface area contributed by atoms with E-state index >= 15 is 0 Å². The highest BCUT2D eigenvalue weighted by atomic mass is 16.4. The molecule has 1 rings (SSSR count). The molecule has 21 heavy (non-hydrogen) atoms. The van der Waals surface area contributed by atoms with E-state index in [0.717, 1.165) is 12.8 Å². The summed E-state index contributed by atoms with van der Waals surface area (Å²) in [5.74, 6) is -1.42. The van der Waals surface area contributed by atoms with Gasteiger partial charge in [0.1, 0.15) is 0 Å². The van der Waals surface area contributed by atoms with Crippen LogP contribution in [0.25, 0.3) is 0 Å². The first kappa shape index (κ1) is 17.8. The van der Waals surface area contributed by atoms with E-state index in [1.54, 1.807) is 11.9 Å². The molecule has 2 N–H and O–H groups in total. The maximum absolute atomic E-state index is 12.1. The van der Waals surface area contributed by atoms with Crippen molar-refractivity contribution >= 4 is 12.0 Å². The predicted molar refractivity (Wildman–Crippen MR) is 82.3 cm³/mol. The number of nitrogens with zero attached hydrogens (tertiary/aromatic N) is 2. The molecule has 0 aromatic carbocycles. The highest BCUT2D eigenvalue weighted by Crippen LogP contribution is 2.36. The third kappa shape index (κ3) is 4.33. The van der Waals surface area contributed by atoms with Gasteiger partial charge in [-0.05, 0) is 39.3 Å². The molecule has 0 aliphatic heterocycles. The summed E-state index contributed by atoms with van der Waals surface area (Å²) >= 11 is 0. The average molecular weight is 299 g/mol. The maximum Gasteiger partial charge on any atom is 0.317 e. The van der Waals surface area contributed by atoms with Gasteiger partial charge in [0.25, 0.3) is 0 Å². The molecule has 122 valence electrons. The normalized spacial score (nSPS) is 18.2. The fourth-order valence-electron chi connectivity index (χ4n) is 2.79. The van der Waals surface area contributed by atoms with Crippen molar-refractivity contribution in [2.45, 2.75) is 38.6 Å². The van der Waals surface area contributed by atoms with Crippen LogP contribution in [0.4, 0.5) is 4.79 Å². The van der Waals surface area contributed by atoms with Crippen LogP contribution >= 0.6 is 0 Å². The molecule has 1 atom stereocenters. The van der Waals surface area contributed by atoms with Gasteiger partial charge in [-0.25, -0.2) is 4.79 Å². The van der Waals surface area contributed by atoms with Crippen molar-refractivity contribution in [1.29, 1.82) is 0 Å². The van der Waals surface area contributed by atoms with Crippen LogP contribution in [0.15, 0.2) is 0 Å². The number of carbonyl (C=O) groups excluding carboxylic acids is 1. The topological polar surface area (TPSA) is 72.9 Å². The number of likely N-dealkylation sites (N-methyl/N-ethyl adjacent to an activating group) is 2. The summed E-state index contributed by atoms with van der Waals surface area (Å²) < 4.78 is 0.